The number of hydrogen-bond donors (Lipinski definition) is 0. The van der Waals surface area contributed by atoms with Crippen molar-refractivity contribution >= 4 is 11.3 Å². The van der Waals surface area contributed by atoms with Crippen molar-refractivity contribution in [3.63, 3.8) is 0 Å². The summed E-state index contributed by atoms with van der Waals surface area (Å²) < 4.78 is 1.61. The molecule has 0 atom stereocenters. The maximum atomic E-state index is 11.8. The van der Waals surface area contributed by atoms with E-state index in [-0.39, 0.29) is 5.69 Å². The van der Waals surface area contributed by atoms with Crippen molar-refractivity contribution in [1.82, 2.24) is 9.55 Å². The van der Waals surface area contributed by atoms with Crippen molar-refractivity contribution in [2.24, 2.45) is 0 Å². The van der Waals surface area contributed by atoms with Gasteiger partial charge in [-0.2, -0.15) is 4.98 Å². The number of hydrogen-bond acceptors (Lipinski definition) is 3. The summed E-state index contributed by atoms with van der Waals surface area (Å²) in [5, 5.41) is 0.939. The topological polar surface area (TPSA) is 34.9 Å². The van der Waals surface area contributed by atoms with Crippen molar-refractivity contribution in [3.05, 3.63) is 45.5 Å². The maximum Gasteiger partial charge on any atom is 0.353 e. The Hall–Kier alpha value is -1.42. The summed E-state index contributed by atoms with van der Waals surface area (Å²) in [5.74, 6) is 0.493. The minimum absolute atomic E-state index is 0.193. The van der Waals surface area contributed by atoms with Gasteiger partial charge in [0, 0.05) is 16.8 Å². The zero-order valence-corrected chi connectivity index (χ0v) is 11.1. The second-order valence-electron chi connectivity index (χ2n) is 4.26. The molecular formula is C13H16N2OS. The first-order valence-corrected chi connectivity index (χ1v) is 6.62. The van der Waals surface area contributed by atoms with Crippen molar-refractivity contribution < 1.29 is 0 Å². The van der Waals surface area contributed by atoms with Gasteiger partial charge in [-0.05, 0) is 30.5 Å². The Bertz CT molecular complexity index is 569. The molecule has 3 nitrogen and oxygen atoms in total. The van der Waals surface area contributed by atoms with E-state index in [2.05, 4.69) is 24.9 Å². The molecule has 2 heterocycles. The third kappa shape index (κ3) is 2.47. The van der Waals surface area contributed by atoms with E-state index in [0.717, 1.165) is 17.1 Å². The third-order valence-corrected chi connectivity index (χ3v) is 4.03. The molecule has 90 valence electrons. The Morgan fingerprint density at radius 2 is 2.12 bits per heavy atom. The van der Waals surface area contributed by atoms with Crippen LogP contribution in [0.15, 0.2) is 29.2 Å². The zero-order chi connectivity index (χ0) is 12.4. The Labute approximate surface area is 105 Å². The number of rotatable bonds is 3. The van der Waals surface area contributed by atoms with Gasteiger partial charge in [0.1, 0.15) is 5.00 Å². The minimum Gasteiger partial charge on any atom is -0.259 e. The lowest BCUT2D eigenvalue weighted by atomic mass is 10.2. The lowest BCUT2D eigenvalue weighted by Crippen LogP contribution is -2.20. The van der Waals surface area contributed by atoms with Gasteiger partial charge in [0.2, 0.25) is 0 Å². The molecule has 0 aliphatic carbocycles. The van der Waals surface area contributed by atoms with E-state index in [9.17, 15) is 4.79 Å². The van der Waals surface area contributed by atoms with Crippen molar-refractivity contribution in [3.8, 4) is 5.00 Å². The highest BCUT2D eigenvalue weighted by Gasteiger charge is 2.07. The van der Waals surface area contributed by atoms with Crippen molar-refractivity contribution in [2.45, 2.75) is 33.1 Å². The highest BCUT2D eigenvalue weighted by molar-refractivity contribution is 7.14. The molecule has 0 aliphatic heterocycles. The largest absolute Gasteiger partial charge is 0.353 e. The molecule has 2 rings (SSSR count). The fourth-order valence-electron chi connectivity index (χ4n) is 1.58. The van der Waals surface area contributed by atoms with Crippen LogP contribution in [0, 0.1) is 0 Å². The van der Waals surface area contributed by atoms with Gasteiger partial charge in [-0.1, -0.05) is 20.8 Å². The molecule has 0 amide bonds. The molecular weight excluding hydrogens is 232 g/mol. The molecule has 0 aliphatic rings. The molecule has 2 aromatic heterocycles. The third-order valence-electron chi connectivity index (χ3n) is 2.64. The second kappa shape index (κ2) is 4.84. The van der Waals surface area contributed by atoms with Gasteiger partial charge >= 0.3 is 5.69 Å². The van der Waals surface area contributed by atoms with Crippen LogP contribution < -0.4 is 5.69 Å². The first kappa shape index (κ1) is 12.0. The van der Waals surface area contributed by atoms with E-state index >= 15 is 0 Å². The maximum absolute atomic E-state index is 11.8. The molecule has 0 saturated carbocycles. The van der Waals surface area contributed by atoms with E-state index in [1.54, 1.807) is 15.9 Å². The first-order chi connectivity index (χ1) is 8.11. The van der Waals surface area contributed by atoms with Gasteiger partial charge in [0.15, 0.2) is 0 Å². The predicted molar refractivity (Wildman–Crippen MR) is 71.2 cm³/mol. The van der Waals surface area contributed by atoms with Crippen LogP contribution in [0.3, 0.4) is 0 Å². The Balaban J connectivity index is 2.42. The van der Waals surface area contributed by atoms with E-state index in [0.29, 0.717) is 5.92 Å². The molecule has 4 heteroatoms. The van der Waals surface area contributed by atoms with E-state index in [4.69, 9.17) is 0 Å². The molecule has 0 unspecified atom stereocenters. The molecule has 0 fully saturated rings. The summed E-state index contributed by atoms with van der Waals surface area (Å²) >= 11 is 1.64. The SMILES string of the molecule is CCc1ccn(-c2ccc(C(C)C)s2)c(=O)n1. The van der Waals surface area contributed by atoms with Crippen LogP contribution in [-0.2, 0) is 6.42 Å². The molecule has 0 saturated heterocycles. The molecule has 0 radical (unpaired) electrons. The first-order valence-electron chi connectivity index (χ1n) is 5.80. The monoisotopic (exact) mass is 248 g/mol. The van der Waals surface area contributed by atoms with Crippen LogP contribution in [0.5, 0.6) is 0 Å². The van der Waals surface area contributed by atoms with Crippen LogP contribution in [0.1, 0.15) is 37.3 Å². The Morgan fingerprint density at radius 3 is 2.65 bits per heavy atom. The number of aryl methyl sites for hydroxylation is 1. The van der Waals surface area contributed by atoms with Gasteiger partial charge in [-0.15, -0.1) is 11.3 Å². The van der Waals surface area contributed by atoms with Gasteiger partial charge in [0.05, 0.1) is 0 Å². The van der Waals surface area contributed by atoms with Crippen molar-refractivity contribution in [2.75, 3.05) is 0 Å². The van der Waals surface area contributed by atoms with Crippen LogP contribution in [0.25, 0.3) is 5.00 Å². The number of nitrogens with zero attached hydrogens (tertiary/aromatic N) is 2. The van der Waals surface area contributed by atoms with E-state index in [1.165, 1.54) is 4.88 Å². The quantitative estimate of drug-likeness (QED) is 0.837. The standard InChI is InChI=1S/C13H16N2OS/c1-4-10-7-8-15(13(16)14-10)12-6-5-11(17-12)9(2)3/h5-9H,4H2,1-3H3. The lowest BCUT2D eigenvalue weighted by Gasteiger charge is -2.02. The Kier molecular flexibility index (Phi) is 3.43. The van der Waals surface area contributed by atoms with Gasteiger partial charge < -0.3 is 0 Å². The summed E-state index contributed by atoms with van der Waals surface area (Å²) in [6.07, 6.45) is 2.60. The number of aromatic nitrogens is 2. The summed E-state index contributed by atoms with van der Waals surface area (Å²) in [4.78, 5) is 17.2. The summed E-state index contributed by atoms with van der Waals surface area (Å²) in [6.45, 7) is 6.29. The van der Waals surface area contributed by atoms with Crippen LogP contribution >= 0.6 is 11.3 Å². The predicted octanol–water partition coefficient (Wildman–Crippen LogP) is 2.98. The van der Waals surface area contributed by atoms with Gasteiger partial charge in [0.25, 0.3) is 0 Å². The van der Waals surface area contributed by atoms with Gasteiger partial charge in [-0.25, -0.2) is 4.79 Å². The Morgan fingerprint density at radius 1 is 1.35 bits per heavy atom. The zero-order valence-electron chi connectivity index (χ0n) is 10.3. The average molecular weight is 248 g/mol. The van der Waals surface area contributed by atoms with E-state index in [1.807, 2.05) is 25.3 Å². The van der Waals surface area contributed by atoms with Crippen LogP contribution in [0.4, 0.5) is 0 Å². The fourth-order valence-corrected chi connectivity index (χ4v) is 2.57. The summed E-state index contributed by atoms with van der Waals surface area (Å²) in [5.41, 5.74) is 0.647. The van der Waals surface area contributed by atoms with E-state index < -0.39 is 0 Å². The van der Waals surface area contributed by atoms with Gasteiger partial charge in [-0.3, -0.25) is 4.57 Å². The molecule has 2 aromatic rings. The lowest BCUT2D eigenvalue weighted by molar-refractivity contribution is 0.878. The molecule has 0 N–H and O–H groups in total. The molecule has 0 spiro atoms. The molecule has 17 heavy (non-hydrogen) atoms. The molecule has 0 bridgehead atoms. The highest BCUT2D eigenvalue weighted by Crippen LogP contribution is 2.25. The average Bonchev–Trinajstić information content (AvgIpc) is 2.78. The fraction of sp³-hybridized carbons (Fsp3) is 0.385. The highest BCUT2D eigenvalue weighted by atomic mass is 32.1. The second-order valence-corrected chi connectivity index (χ2v) is 5.35. The molecule has 0 aromatic carbocycles. The normalized spacial score (nSPS) is 11.1. The smallest absolute Gasteiger partial charge is 0.259 e. The van der Waals surface area contributed by atoms with Crippen LogP contribution in [0.2, 0.25) is 0 Å². The van der Waals surface area contributed by atoms with Crippen LogP contribution in [-0.4, -0.2) is 9.55 Å². The van der Waals surface area contributed by atoms with Crippen molar-refractivity contribution in [1.29, 1.82) is 0 Å². The summed E-state index contributed by atoms with van der Waals surface area (Å²) in [6, 6.07) is 5.95. The summed E-state index contributed by atoms with van der Waals surface area (Å²) in [7, 11) is 0. The minimum atomic E-state index is -0.193. The number of thiophene rings is 1.